The Labute approximate surface area is 107 Å². The van der Waals surface area contributed by atoms with Gasteiger partial charge in [0, 0.05) is 12.1 Å². The van der Waals surface area contributed by atoms with Gasteiger partial charge in [-0.05, 0) is 30.0 Å². The highest BCUT2D eigenvalue weighted by atomic mass is 16.2. The minimum atomic E-state index is -0.387. The fourth-order valence-electron chi connectivity index (χ4n) is 1.99. The normalized spacial score (nSPS) is 18.8. The van der Waals surface area contributed by atoms with Crippen LogP contribution in [0.3, 0.4) is 0 Å². The predicted molar refractivity (Wildman–Crippen MR) is 70.3 cm³/mol. The van der Waals surface area contributed by atoms with Gasteiger partial charge >= 0.3 is 0 Å². The van der Waals surface area contributed by atoms with Crippen LogP contribution in [-0.2, 0) is 9.59 Å². The van der Waals surface area contributed by atoms with E-state index >= 15 is 0 Å². The second kappa shape index (κ2) is 5.21. The van der Waals surface area contributed by atoms with Gasteiger partial charge in [-0.3, -0.25) is 9.59 Å². The Morgan fingerprint density at radius 3 is 2.50 bits per heavy atom. The number of carbonyl (C=O) groups is 2. The molecule has 2 rings (SSSR count). The summed E-state index contributed by atoms with van der Waals surface area (Å²) in [5.41, 5.74) is 2.01. The summed E-state index contributed by atoms with van der Waals surface area (Å²) in [6.07, 6.45) is 1.01. The molecule has 1 aliphatic rings. The van der Waals surface area contributed by atoms with Crippen LogP contribution in [0.2, 0.25) is 0 Å². The SMILES string of the molecule is CC(C)c1ccc(NC(=O)C2CCC(=O)N2)cc1. The molecule has 1 unspecified atom stereocenters. The smallest absolute Gasteiger partial charge is 0.246 e. The maximum atomic E-state index is 11.9. The summed E-state index contributed by atoms with van der Waals surface area (Å²) >= 11 is 0. The average molecular weight is 246 g/mol. The van der Waals surface area contributed by atoms with Crippen molar-refractivity contribution < 1.29 is 9.59 Å². The molecule has 4 heteroatoms. The molecule has 1 heterocycles. The lowest BCUT2D eigenvalue weighted by Gasteiger charge is -2.12. The fourth-order valence-corrected chi connectivity index (χ4v) is 1.99. The van der Waals surface area contributed by atoms with Gasteiger partial charge < -0.3 is 10.6 Å². The molecule has 0 radical (unpaired) electrons. The minimum absolute atomic E-state index is 0.0506. The van der Waals surface area contributed by atoms with E-state index in [1.807, 2.05) is 24.3 Å². The second-order valence-electron chi connectivity index (χ2n) is 4.92. The lowest BCUT2D eigenvalue weighted by molar-refractivity contribution is -0.122. The van der Waals surface area contributed by atoms with Gasteiger partial charge in [0.25, 0.3) is 0 Å². The van der Waals surface area contributed by atoms with Gasteiger partial charge in [-0.25, -0.2) is 0 Å². The largest absolute Gasteiger partial charge is 0.344 e. The first-order chi connectivity index (χ1) is 8.56. The molecule has 0 spiro atoms. The van der Waals surface area contributed by atoms with Gasteiger partial charge in [0.15, 0.2) is 0 Å². The average Bonchev–Trinajstić information content (AvgIpc) is 2.76. The summed E-state index contributed by atoms with van der Waals surface area (Å²) in [5, 5.41) is 5.47. The highest BCUT2D eigenvalue weighted by Crippen LogP contribution is 2.18. The molecule has 1 aromatic rings. The Balaban J connectivity index is 1.97. The van der Waals surface area contributed by atoms with Crippen molar-refractivity contribution in [1.29, 1.82) is 0 Å². The lowest BCUT2D eigenvalue weighted by Crippen LogP contribution is -2.37. The number of carbonyl (C=O) groups excluding carboxylic acids is 2. The number of amides is 2. The number of nitrogens with one attached hydrogen (secondary N) is 2. The zero-order valence-electron chi connectivity index (χ0n) is 10.7. The van der Waals surface area contributed by atoms with E-state index < -0.39 is 0 Å². The number of benzene rings is 1. The molecule has 0 saturated carbocycles. The Morgan fingerprint density at radius 1 is 1.33 bits per heavy atom. The summed E-state index contributed by atoms with van der Waals surface area (Å²) < 4.78 is 0. The van der Waals surface area contributed by atoms with E-state index in [-0.39, 0.29) is 17.9 Å². The van der Waals surface area contributed by atoms with Crippen LogP contribution in [0.5, 0.6) is 0 Å². The Kier molecular flexibility index (Phi) is 3.65. The predicted octanol–water partition coefficient (Wildman–Crippen LogP) is 2.03. The maximum absolute atomic E-state index is 11.9. The molecule has 1 atom stereocenters. The zero-order valence-corrected chi connectivity index (χ0v) is 10.7. The molecule has 1 aliphatic heterocycles. The maximum Gasteiger partial charge on any atom is 0.246 e. The first-order valence-corrected chi connectivity index (χ1v) is 6.26. The Bertz CT molecular complexity index is 451. The van der Waals surface area contributed by atoms with Crippen LogP contribution < -0.4 is 10.6 Å². The van der Waals surface area contributed by atoms with Crippen molar-refractivity contribution in [3.8, 4) is 0 Å². The van der Waals surface area contributed by atoms with E-state index in [2.05, 4.69) is 24.5 Å². The zero-order chi connectivity index (χ0) is 13.1. The lowest BCUT2D eigenvalue weighted by atomic mass is 10.0. The molecule has 0 aromatic heterocycles. The number of anilines is 1. The van der Waals surface area contributed by atoms with E-state index in [4.69, 9.17) is 0 Å². The molecule has 2 N–H and O–H groups in total. The summed E-state index contributed by atoms with van der Waals surface area (Å²) in [4.78, 5) is 22.9. The topological polar surface area (TPSA) is 58.2 Å². The van der Waals surface area contributed by atoms with Crippen LogP contribution in [-0.4, -0.2) is 17.9 Å². The standard InChI is InChI=1S/C14H18N2O2/c1-9(2)10-3-5-11(6-4-10)15-14(18)12-7-8-13(17)16-12/h3-6,9,12H,7-8H2,1-2H3,(H,15,18)(H,16,17). The minimum Gasteiger partial charge on any atom is -0.344 e. The number of rotatable bonds is 3. The van der Waals surface area contributed by atoms with Crippen LogP contribution in [0.25, 0.3) is 0 Å². The quantitative estimate of drug-likeness (QED) is 0.857. The van der Waals surface area contributed by atoms with E-state index in [0.29, 0.717) is 18.8 Å². The van der Waals surface area contributed by atoms with Gasteiger partial charge in [-0.2, -0.15) is 0 Å². The molecule has 0 bridgehead atoms. The van der Waals surface area contributed by atoms with Gasteiger partial charge in [0.2, 0.25) is 11.8 Å². The number of hydrogen-bond acceptors (Lipinski definition) is 2. The van der Waals surface area contributed by atoms with Crippen molar-refractivity contribution in [2.24, 2.45) is 0 Å². The van der Waals surface area contributed by atoms with E-state index in [1.165, 1.54) is 5.56 Å². The highest BCUT2D eigenvalue weighted by molar-refractivity contribution is 5.98. The monoisotopic (exact) mass is 246 g/mol. The van der Waals surface area contributed by atoms with Crippen LogP contribution in [0.1, 0.15) is 38.2 Å². The number of hydrogen-bond donors (Lipinski definition) is 2. The van der Waals surface area contributed by atoms with Crippen LogP contribution in [0.4, 0.5) is 5.69 Å². The summed E-state index contributed by atoms with van der Waals surface area (Å²) in [5.74, 6) is 0.285. The van der Waals surface area contributed by atoms with Crippen molar-refractivity contribution in [3.05, 3.63) is 29.8 Å². The van der Waals surface area contributed by atoms with Crippen LogP contribution in [0, 0.1) is 0 Å². The van der Waals surface area contributed by atoms with Crippen molar-refractivity contribution in [1.82, 2.24) is 5.32 Å². The summed E-state index contributed by atoms with van der Waals surface area (Å²) in [6, 6.07) is 7.41. The van der Waals surface area contributed by atoms with E-state index in [9.17, 15) is 9.59 Å². The van der Waals surface area contributed by atoms with Crippen molar-refractivity contribution in [2.75, 3.05) is 5.32 Å². The Hall–Kier alpha value is -1.84. The molecule has 2 amide bonds. The molecule has 1 aromatic carbocycles. The van der Waals surface area contributed by atoms with Gasteiger partial charge in [-0.15, -0.1) is 0 Å². The van der Waals surface area contributed by atoms with Crippen molar-refractivity contribution >= 4 is 17.5 Å². The first kappa shape index (κ1) is 12.6. The Morgan fingerprint density at radius 2 is 2.00 bits per heavy atom. The molecular formula is C14H18N2O2. The van der Waals surface area contributed by atoms with Gasteiger partial charge in [0.1, 0.15) is 6.04 Å². The molecule has 96 valence electrons. The molecule has 4 nitrogen and oxygen atoms in total. The third-order valence-corrected chi connectivity index (χ3v) is 3.16. The van der Waals surface area contributed by atoms with Gasteiger partial charge in [-0.1, -0.05) is 26.0 Å². The van der Waals surface area contributed by atoms with Crippen molar-refractivity contribution in [3.63, 3.8) is 0 Å². The molecule has 0 aliphatic carbocycles. The molecular weight excluding hydrogens is 228 g/mol. The van der Waals surface area contributed by atoms with Crippen molar-refractivity contribution in [2.45, 2.75) is 38.6 Å². The summed E-state index contributed by atoms with van der Waals surface area (Å²) in [7, 11) is 0. The third-order valence-electron chi connectivity index (χ3n) is 3.16. The third kappa shape index (κ3) is 2.88. The fraction of sp³-hybridized carbons (Fsp3) is 0.429. The van der Waals surface area contributed by atoms with E-state index in [0.717, 1.165) is 5.69 Å². The molecule has 18 heavy (non-hydrogen) atoms. The second-order valence-corrected chi connectivity index (χ2v) is 4.92. The van der Waals surface area contributed by atoms with E-state index in [1.54, 1.807) is 0 Å². The summed E-state index contributed by atoms with van der Waals surface area (Å²) in [6.45, 7) is 4.25. The molecule has 1 fully saturated rings. The highest BCUT2D eigenvalue weighted by Gasteiger charge is 2.26. The van der Waals surface area contributed by atoms with Gasteiger partial charge in [0.05, 0.1) is 0 Å². The first-order valence-electron chi connectivity index (χ1n) is 6.26. The molecule has 1 saturated heterocycles. The van der Waals surface area contributed by atoms with Crippen LogP contribution >= 0.6 is 0 Å². The van der Waals surface area contributed by atoms with Crippen LogP contribution in [0.15, 0.2) is 24.3 Å².